The van der Waals surface area contributed by atoms with E-state index in [9.17, 15) is 0 Å². The van der Waals surface area contributed by atoms with Gasteiger partial charge in [-0.1, -0.05) is 31.5 Å². The van der Waals surface area contributed by atoms with Crippen LogP contribution in [0, 0.1) is 5.41 Å². The van der Waals surface area contributed by atoms with Gasteiger partial charge in [0.05, 0.1) is 10.7 Å². The van der Waals surface area contributed by atoms with Gasteiger partial charge in [0.1, 0.15) is 0 Å². The fourth-order valence-electron chi connectivity index (χ4n) is 2.31. The number of likely N-dealkylation sites (tertiary alicyclic amines) is 1. The third-order valence-corrected chi connectivity index (χ3v) is 3.57. The molecule has 2 rings (SSSR count). The lowest BCUT2D eigenvalue weighted by Gasteiger charge is -2.19. The molecule has 88 valence electrons. The van der Waals surface area contributed by atoms with Gasteiger partial charge in [0.2, 0.25) is 0 Å². The van der Waals surface area contributed by atoms with Gasteiger partial charge in [0, 0.05) is 13.1 Å². The molecule has 0 aliphatic carbocycles. The molecule has 1 heterocycles. The number of rotatable bonds is 2. The predicted octanol–water partition coefficient (Wildman–Crippen LogP) is 3.15. The molecule has 0 aromatic heterocycles. The number of hydrogen-bond acceptors (Lipinski definition) is 2. The summed E-state index contributed by atoms with van der Waals surface area (Å²) in [6.45, 7) is 7.96. The summed E-state index contributed by atoms with van der Waals surface area (Å²) >= 11 is 5.90. The van der Waals surface area contributed by atoms with E-state index in [2.05, 4.69) is 24.8 Å². The third-order valence-electron chi connectivity index (χ3n) is 3.22. The second kappa shape index (κ2) is 4.27. The van der Waals surface area contributed by atoms with Crippen LogP contribution in [0.2, 0.25) is 5.02 Å². The van der Waals surface area contributed by atoms with Gasteiger partial charge in [0.15, 0.2) is 0 Å². The molecule has 0 unspecified atom stereocenters. The van der Waals surface area contributed by atoms with Crippen molar-refractivity contribution in [2.24, 2.45) is 5.41 Å². The first-order chi connectivity index (χ1) is 7.46. The topological polar surface area (TPSA) is 29.3 Å². The quantitative estimate of drug-likeness (QED) is 0.802. The molecular formula is C13H19ClN2. The maximum absolute atomic E-state index is 5.90. The number of benzene rings is 1. The van der Waals surface area contributed by atoms with Crippen LogP contribution in [0.25, 0.3) is 0 Å². The largest absolute Gasteiger partial charge is 0.398 e. The van der Waals surface area contributed by atoms with E-state index in [4.69, 9.17) is 17.3 Å². The molecule has 0 bridgehead atoms. The molecule has 1 aliphatic rings. The number of nitrogens with two attached hydrogens (primary N) is 1. The number of nitrogen functional groups attached to an aromatic ring is 1. The van der Waals surface area contributed by atoms with Gasteiger partial charge in [-0.05, 0) is 36.1 Å². The molecule has 0 atom stereocenters. The zero-order valence-corrected chi connectivity index (χ0v) is 10.7. The van der Waals surface area contributed by atoms with Crippen LogP contribution in [-0.2, 0) is 6.54 Å². The minimum absolute atomic E-state index is 0.456. The summed E-state index contributed by atoms with van der Waals surface area (Å²) in [5, 5.41) is 0.644. The third kappa shape index (κ3) is 2.69. The van der Waals surface area contributed by atoms with Crippen LogP contribution in [0.5, 0.6) is 0 Å². The molecule has 2 N–H and O–H groups in total. The number of anilines is 1. The van der Waals surface area contributed by atoms with E-state index in [1.807, 2.05) is 12.1 Å². The molecule has 3 heteroatoms. The zero-order valence-electron chi connectivity index (χ0n) is 9.96. The Kier molecular flexibility index (Phi) is 3.13. The standard InChI is InChI=1S/C13H19ClN2/c1-13(2)5-6-16(9-13)8-10-3-4-11(14)12(15)7-10/h3-4,7H,5-6,8-9,15H2,1-2H3. The van der Waals surface area contributed by atoms with Crippen molar-refractivity contribution in [3.8, 4) is 0 Å². The molecule has 1 saturated heterocycles. The van der Waals surface area contributed by atoms with Crippen LogP contribution in [0.3, 0.4) is 0 Å². The van der Waals surface area contributed by atoms with Crippen LogP contribution < -0.4 is 5.73 Å². The Balaban J connectivity index is 2.02. The lowest BCUT2D eigenvalue weighted by Crippen LogP contribution is -2.22. The van der Waals surface area contributed by atoms with Crippen molar-refractivity contribution < 1.29 is 0 Å². The Labute approximate surface area is 102 Å². The molecule has 1 fully saturated rings. The molecular weight excluding hydrogens is 220 g/mol. The predicted molar refractivity (Wildman–Crippen MR) is 69.5 cm³/mol. The van der Waals surface area contributed by atoms with E-state index in [1.165, 1.54) is 18.5 Å². The van der Waals surface area contributed by atoms with E-state index in [1.54, 1.807) is 0 Å². The molecule has 0 spiro atoms. The van der Waals surface area contributed by atoms with Gasteiger partial charge >= 0.3 is 0 Å². The first-order valence-electron chi connectivity index (χ1n) is 5.73. The monoisotopic (exact) mass is 238 g/mol. The first-order valence-corrected chi connectivity index (χ1v) is 6.10. The van der Waals surface area contributed by atoms with Gasteiger partial charge < -0.3 is 5.73 Å². The zero-order chi connectivity index (χ0) is 11.8. The van der Waals surface area contributed by atoms with E-state index >= 15 is 0 Å². The van der Waals surface area contributed by atoms with Crippen molar-refractivity contribution in [1.29, 1.82) is 0 Å². The summed E-state index contributed by atoms with van der Waals surface area (Å²) in [7, 11) is 0. The summed E-state index contributed by atoms with van der Waals surface area (Å²) in [4.78, 5) is 2.47. The average Bonchev–Trinajstić information content (AvgIpc) is 2.52. The summed E-state index contributed by atoms with van der Waals surface area (Å²) in [6, 6.07) is 5.92. The summed E-state index contributed by atoms with van der Waals surface area (Å²) in [5.74, 6) is 0. The van der Waals surface area contributed by atoms with Gasteiger partial charge in [-0.2, -0.15) is 0 Å². The number of halogens is 1. The second-order valence-corrected chi connectivity index (χ2v) is 5.89. The van der Waals surface area contributed by atoms with E-state index in [-0.39, 0.29) is 0 Å². The van der Waals surface area contributed by atoms with Gasteiger partial charge in [-0.25, -0.2) is 0 Å². The maximum atomic E-state index is 5.90. The fraction of sp³-hybridized carbons (Fsp3) is 0.538. The average molecular weight is 239 g/mol. The van der Waals surface area contributed by atoms with Crippen LogP contribution in [-0.4, -0.2) is 18.0 Å². The molecule has 0 amide bonds. The molecule has 0 radical (unpaired) electrons. The van der Waals surface area contributed by atoms with E-state index in [0.29, 0.717) is 16.1 Å². The van der Waals surface area contributed by atoms with Gasteiger partial charge in [0.25, 0.3) is 0 Å². The highest BCUT2D eigenvalue weighted by atomic mass is 35.5. The Morgan fingerprint density at radius 3 is 2.75 bits per heavy atom. The van der Waals surface area contributed by atoms with E-state index < -0.39 is 0 Å². The molecule has 1 aromatic rings. The molecule has 1 aliphatic heterocycles. The highest BCUT2D eigenvalue weighted by Gasteiger charge is 2.28. The van der Waals surface area contributed by atoms with Crippen molar-refractivity contribution in [2.45, 2.75) is 26.8 Å². The molecule has 16 heavy (non-hydrogen) atoms. The highest BCUT2D eigenvalue weighted by Crippen LogP contribution is 2.30. The lowest BCUT2D eigenvalue weighted by molar-refractivity contribution is 0.284. The highest BCUT2D eigenvalue weighted by molar-refractivity contribution is 6.33. The maximum Gasteiger partial charge on any atom is 0.0635 e. The summed E-state index contributed by atoms with van der Waals surface area (Å²) in [5.41, 5.74) is 8.18. The van der Waals surface area contributed by atoms with Crippen molar-refractivity contribution >= 4 is 17.3 Å². The number of nitrogens with zero attached hydrogens (tertiary/aromatic N) is 1. The SMILES string of the molecule is CC1(C)CCN(Cc2ccc(Cl)c(N)c2)C1. The van der Waals surface area contributed by atoms with Gasteiger partial charge in [-0.15, -0.1) is 0 Å². The molecule has 1 aromatic carbocycles. The van der Waals surface area contributed by atoms with Crippen LogP contribution in [0.15, 0.2) is 18.2 Å². The molecule has 0 saturated carbocycles. The number of hydrogen-bond donors (Lipinski definition) is 1. The Morgan fingerprint density at radius 2 is 2.19 bits per heavy atom. The fourth-order valence-corrected chi connectivity index (χ4v) is 2.43. The summed E-state index contributed by atoms with van der Waals surface area (Å²) < 4.78 is 0. The Bertz CT molecular complexity index is 388. The smallest absolute Gasteiger partial charge is 0.0635 e. The lowest BCUT2D eigenvalue weighted by atomic mass is 9.93. The molecule has 2 nitrogen and oxygen atoms in total. The Morgan fingerprint density at radius 1 is 1.44 bits per heavy atom. The first kappa shape index (κ1) is 11.7. The Hall–Kier alpha value is -0.730. The van der Waals surface area contributed by atoms with Crippen molar-refractivity contribution in [3.63, 3.8) is 0 Å². The second-order valence-electron chi connectivity index (χ2n) is 5.48. The van der Waals surface area contributed by atoms with Crippen molar-refractivity contribution in [2.75, 3.05) is 18.8 Å². The minimum atomic E-state index is 0.456. The van der Waals surface area contributed by atoms with Crippen LogP contribution in [0.4, 0.5) is 5.69 Å². The normalized spacial score (nSPS) is 20.2. The van der Waals surface area contributed by atoms with Crippen LogP contribution in [0.1, 0.15) is 25.8 Å². The summed E-state index contributed by atoms with van der Waals surface area (Å²) in [6.07, 6.45) is 1.27. The van der Waals surface area contributed by atoms with E-state index in [0.717, 1.165) is 13.1 Å². The van der Waals surface area contributed by atoms with Crippen molar-refractivity contribution in [1.82, 2.24) is 4.90 Å². The van der Waals surface area contributed by atoms with Gasteiger partial charge in [-0.3, -0.25) is 4.90 Å². The van der Waals surface area contributed by atoms with Crippen molar-refractivity contribution in [3.05, 3.63) is 28.8 Å². The van der Waals surface area contributed by atoms with Crippen LogP contribution >= 0.6 is 11.6 Å². The minimum Gasteiger partial charge on any atom is -0.398 e.